The van der Waals surface area contributed by atoms with Crippen LogP contribution in [0.5, 0.6) is 0 Å². The van der Waals surface area contributed by atoms with Gasteiger partial charge in [-0.2, -0.15) is 0 Å². The van der Waals surface area contributed by atoms with Gasteiger partial charge in [0.25, 0.3) is 0 Å². The maximum atomic E-state index is 12.8. The molecule has 4 saturated carbocycles. The minimum Gasteiger partial charge on any atom is -0.355 e. The summed E-state index contributed by atoms with van der Waals surface area (Å²) in [6.45, 7) is 1.55. The second kappa shape index (κ2) is 6.27. The number of nitrogens with one attached hydrogen (secondary N) is 1. The normalized spacial score (nSPS) is 39.1. The summed E-state index contributed by atoms with van der Waals surface area (Å²) in [6, 6.07) is 0. The Labute approximate surface area is 145 Å². The van der Waals surface area contributed by atoms with Crippen LogP contribution in [0.2, 0.25) is 0 Å². The quantitative estimate of drug-likeness (QED) is 0.822. The highest BCUT2D eigenvalue weighted by Crippen LogP contribution is 2.60. The summed E-state index contributed by atoms with van der Waals surface area (Å²) in [5, 5.41) is 2.99. The first-order chi connectivity index (χ1) is 11.5. The number of rotatable bonds is 5. The maximum absolute atomic E-state index is 12.8. The zero-order valence-electron chi connectivity index (χ0n) is 14.5. The molecule has 1 N–H and O–H groups in total. The Morgan fingerprint density at radius 3 is 2.04 bits per heavy atom. The van der Waals surface area contributed by atoms with E-state index in [0.717, 1.165) is 56.3 Å². The number of carbonyl (C=O) groups excluding carboxylic acids is 1. The first kappa shape index (κ1) is 16.8. The Morgan fingerprint density at radius 1 is 0.958 bits per heavy atom. The Morgan fingerprint density at radius 2 is 1.50 bits per heavy atom. The number of hydrogen-bond donors (Lipinski definition) is 1. The molecule has 0 unspecified atom stereocenters. The number of piperidine rings is 1. The summed E-state index contributed by atoms with van der Waals surface area (Å²) < 4.78 is 26.4. The highest BCUT2D eigenvalue weighted by Gasteiger charge is 2.54. The molecule has 1 saturated heterocycles. The lowest BCUT2D eigenvalue weighted by molar-refractivity contribution is -0.146. The zero-order valence-corrected chi connectivity index (χ0v) is 15.3. The average Bonchev–Trinajstić information content (AvgIpc) is 2.54. The van der Waals surface area contributed by atoms with Gasteiger partial charge >= 0.3 is 0 Å². The largest absolute Gasteiger partial charge is 0.355 e. The summed E-state index contributed by atoms with van der Waals surface area (Å²) in [7, 11) is -3.22. The number of carbonyl (C=O) groups is 1. The smallest absolute Gasteiger partial charge is 0.226 e. The Bertz CT molecular complexity index is 560. The molecule has 0 aromatic carbocycles. The SMILES string of the molecule is O=C(NCCS(=O)(=O)N1CCCCC1)C12CC3CC(CC(C3)C1)C2. The summed E-state index contributed by atoms with van der Waals surface area (Å²) in [5.41, 5.74) is -0.177. The van der Waals surface area contributed by atoms with Gasteiger partial charge in [0.05, 0.1) is 5.75 Å². The summed E-state index contributed by atoms with van der Waals surface area (Å²) in [5.74, 6) is 2.39. The highest BCUT2D eigenvalue weighted by atomic mass is 32.2. The van der Waals surface area contributed by atoms with Crippen molar-refractivity contribution in [3.8, 4) is 0 Å². The van der Waals surface area contributed by atoms with Crippen LogP contribution in [0.4, 0.5) is 0 Å². The molecular formula is C18H30N2O3S. The van der Waals surface area contributed by atoms with E-state index in [9.17, 15) is 13.2 Å². The van der Waals surface area contributed by atoms with Crippen molar-refractivity contribution in [2.75, 3.05) is 25.4 Å². The molecule has 1 aliphatic heterocycles. The fraction of sp³-hybridized carbons (Fsp3) is 0.944. The fourth-order valence-corrected chi connectivity index (χ4v) is 7.57. The lowest BCUT2D eigenvalue weighted by Gasteiger charge is -2.55. The van der Waals surface area contributed by atoms with E-state index in [0.29, 0.717) is 13.1 Å². The molecule has 5 fully saturated rings. The second-order valence-electron chi connectivity index (χ2n) is 8.73. The van der Waals surface area contributed by atoms with E-state index in [4.69, 9.17) is 0 Å². The van der Waals surface area contributed by atoms with Crippen LogP contribution in [0.25, 0.3) is 0 Å². The van der Waals surface area contributed by atoms with Crippen molar-refractivity contribution < 1.29 is 13.2 Å². The van der Waals surface area contributed by atoms with Crippen molar-refractivity contribution in [3.63, 3.8) is 0 Å². The first-order valence-electron chi connectivity index (χ1n) is 9.73. The topological polar surface area (TPSA) is 66.5 Å². The van der Waals surface area contributed by atoms with Gasteiger partial charge in [0.1, 0.15) is 0 Å². The third-order valence-corrected chi connectivity index (χ3v) is 8.75. The standard InChI is InChI=1S/C18H30N2O3S/c21-17(18-11-14-8-15(12-18)10-16(9-14)13-18)19-4-7-24(22,23)20-5-2-1-3-6-20/h14-16H,1-13H2,(H,19,21). The van der Waals surface area contributed by atoms with E-state index in [1.165, 1.54) is 19.3 Å². The van der Waals surface area contributed by atoms with Gasteiger partial charge in [-0.15, -0.1) is 0 Å². The molecule has 6 heteroatoms. The van der Waals surface area contributed by atoms with Crippen molar-refractivity contribution >= 4 is 15.9 Å². The van der Waals surface area contributed by atoms with E-state index in [1.54, 1.807) is 4.31 Å². The van der Waals surface area contributed by atoms with Crippen LogP contribution >= 0.6 is 0 Å². The van der Waals surface area contributed by atoms with Crippen LogP contribution in [0.3, 0.4) is 0 Å². The lowest BCUT2D eigenvalue weighted by Crippen LogP contribution is -2.54. The van der Waals surface area contributed by atoms with Crippen LogP contribution in [0, 0.1) is 23.2 Å². The van der Waals surface area contributed by atoms with Crippen molar-refractivity contribution in [2.45, 2.75) is 57.8 Å². The highest BCUT2D eigenvalue weighted by molar-refractivity contribution is 7.89. The van der Waals surface area contributed by atoms with Crippen LogP contribution < -0.4 is 5.32 Å². The molecule has 1 amide bonds. The number of nitrogens with zero attached hydrogens (tertiary/aromatic N) is 1. The molecule has 5 aliphatic rings. The van der Waals surface area contributed by atoms with Crippen molar-refractivity contribution in [2.24, 2.45) is 23.2 Å². The number of hydrogen-bond acceptors (Lipinski definition) is 3. The van der Waals surface area contributed by atoms with Gasteiger partial charge in [0.2, 0.25) is 15.9 Å². The fourth-order valence-electron chi connectivity index (χ4n) is 6.14. The Balaban J connectivity index is 1.32. The molecule has 5 rings (SSSR count). The van der Waals surface area contributed by atoms with Crippen molar-refractivity contribution in [1.82, 2.24) is 9.62 Å². The second-order valence-corrected chi connectivity index (χ2v) is 10.8. The van der Waals surface area contributed by atoms with E-state index < -0.39 is 10.0 Å². The zero-order chi connectivity index (χ0) is 16.8. The van der Waals surface area contributed by atoms with E-state index in [1.807, 2.05) is 0 Å². The maximum Gasteiger partial charge on any atom is 0.226 e. The molecule has 0 spiro atoms. The Kier molecular flexibility index (Phi) is 4.40. The molecule has 1 heterocycles. The molecule has 24 heavy (non-hydrogen) atoms. The van der Waals surface area contributed by atoms with Gasteiger partial charge in [0.15, 0.2) is 0 Å². The third-order valence-electron chi connectivity index (χ3n) is 6.87. The Hall–Kier alpha value is -0.620. The van der Waals surface area contributed by atoms with Gasteiger partial charge in [-0.25, -0.2) is 12.7 Å². The molecule has 136 valence electrons. The molecule has 4 bridgehead atoms. The monoisotopic (exact) mass is 354 g/mol. The van der Waals surface area contributed by atoms with Gasteiger partial charge in [-0.05, 0) is 69.1 Å². The summed E-state index contributed by atoms with van der Waals surface area (Å²) >= 11 is 0. The van der Waals surface area contributed by atoms with Crippen LogP contribution in [0.1, 0.15) is 57.8 Å². The minimum atomic E-state index is -3.22. The van der Waals surface area contributed by atoms with E-state index in [2.05, 4.69) is 5.32 Å². The molecular weight excluding hydrogens is 324 g/mol. The van der Waals surface area contributed by atoms with Crippen LogP contribution in [-0.2, 0) is 14.8 Å². The predicted octanol–water partition coefficient (Wildman–Crippen LogP) is 2.13. The van der Waals surface area contributed by atoms with Crippen molar-refractivity contribution in [3.05, 3.63) is 0 Å². The van der Waals surface area contributed by atoms with E-state index in [-0.39, 0.29) is 23.6 Å². The van der Waals surface area contributed by atoms with E-state index >= 15 is 0 Å². The van der Waals surface area contributed by atoms with Gasteiger partial charge in [-0.3, -0.25) is 4.79 Å². The lowest BCUT2D eigenvalue weighted by atomic mass is 9.49. The molecule has 4 aliphatic carbocycles. The third kappa shape index (κ3) is 3.12. The van der Waals surface area contributed by atoms with Gasteiger partial charge < -0.3 is 5.32 Å². The molecule has 0 aromatic heterocycles. The minimum absolute atomic E-state index is 0.0467. The number of sulfonamides is 1. The van der Waals surface area contributed by atoms with Gasteiger partial charge in [0, 0.05) is 25.0 Å². The van der Waals surface area contributed by atoms with Crippen LogP contribution in [0.15, 0.2) is 0 Å². The molecule has 0 atom stereocenters. The molecule has 5 nitrogen and oxygen atoms in total. The average molecular weight is 355 g/mol. The van der Waals surface area contributed by atoms with Gasteiger partial charge in [-0.1, -0.05) is 6.42 Å². The first-order valence-corrected chi connectivity index (χ1v) is 11.3. The van der Waals surface area contributed by atoms with Crippen molar-refractivity contribution in [1.29, 1.82) is 0 Å². The predicted molar refractivity (Wildman–Crippen MR) is 92.8 cm³/mol. The molecule has 0 aromatic rings. The molecule has 0 radical (unpaired) electrons. The summed E-state index contributed by atoms with van der Waals surface area (Å²) in [4.78, 5) is 12.8. The van der Waals surface area contributed by atoms with Crippen LogP contribution in [-0.4, -0.2) is 44.0 Å². The summed E-state index contributed by atoms with van der Waals surface area (Å²) in [6.07, 6.45) is 10.1. The number of amides is 1.